The van der Waals surface area contributed by atoms with Gasteiger partial charge < -0.3 is 15.8 Å². The molecule has 1 aromatic heterocycles. The van der Waals surface area contributed by atoms with E-state index in [1.807, 2.05) is 39.8 Å². The smallest absolute Gasteiger partial charge is 0.241 e. The van der Waals surface area contributed by atoms with Crippen molar-refractivity contribution < 1.29 is 9.53 Å². The van der Waals surface area contributed by atoms with Gasteiger partial charge in [0.1, 0.15) is 5.54 Å². The van der Waals surface area contributed by atoms with E-state index in [2.05, 4.69) is 10.3 Å². The first-order chi connectivity index (χ1) is 9.83. The van der Waals surface area contributed by atoms with Crippen molar-refractivity contribution in [2.75, 3.05) is 6.61 Å². The molecule has 5 nitrogen and oxygen atoms in total. The van der Waals surface area contributed by atoms with Gasteiger partial charge in [-0.05, 0) is 31.5 Å². The molecule has 0 aliphatic heterocycles. The van der Waals surface area contributed by atoms with E-state index in [9.17, 15) is 4.79 Å². The lowest BCUT2D eigenvalue weighted by atomic mass is 9.54. The van der Waals surface area contributed by atoms with Gasteiger partial charge in [-0.15, -0.1) is 0 Å². The summed E-state index contributed by atoms with van der Waals surface area (Å²) in [5.41, 5.74) is 6.13. The number of nitrogens with one attached hydrogen (secondary N) is 1. The van der Waals surface area contributed by atoms with E-state index >= 15 is 0 Å². The molecule has 0 radical (unpaired) electrons. The summed E-state index contributed by atoms with van der Waals surface area (Å²) in [4.78, 5) is 16.6. The molecule has 1 amide bonds. The van der Waals surface area contributed by atoms with Gasteiger partial charge in [-0.2, -0.15) is 0 Å². The molecule has 2 rings (SSSR count). The molecule has 1 fully saturated rings. The molecule has 0 aromatic carbocycles. The largest absolute Gasteiger partial charge is 0.378 e. The minimum Gasteiger partial charge on any atom is -0.378 e. The highest BCUT2D eigenvalue weighted by Crippen LogP contribution is 2.50. The number of carbonyl (C=O) groups is 1. The summed E-state index contributed by atoms with van der Waals surface area (Å²) < 4.78 is 5.66. The number of aromatic nitrogens is 1. The quantitative estimate of drug-likeness (QED) is 0.867. The van der Waals surface area contributed by atoms with Crippen LogP contribution in [0, 0.1) is 5.41 Å². The fraction of sp³-hybridized carbons (Fsp3) is 0.625. The molecule has 1 aromatic rings. The second kappa shape index (κ2) is 5.73. The van der Waals surface area contributed by atoms with Crippen molar-refractivity contribution in [3.63, 3.8) is 0 Å². The van der Waals surface area contributed by atoms with E-state index in [1.165, 1.54) is 0 Å². The molecular weight excluding hydrogens is 266 g/mol. The lowest BCUT2D eigenvalue weighted by molar-refractivity contribution is -0.171. The first-order valence-corrected chi connectivity index (χ1v) is 7.44. The van der Waals surface area contributed by atoms with E-state index in [0.717, 1.165) is 5.56 Å². The predicted molar refractivity (Wildman–Crippen MR) is 81.5 cm³/mol. The molecule has 1 heterocycles. The molecular formula is C16H25N3O2. The summed E-state index contributed by atoms with van der Waals surface area (Å²) in [5.74, 6) is -0.118. The Morgan fingerprint density at radius 2 is 2.14 bits per heavy atom. The first kappa shape index (κ1) is 15.9. The maximum absolute atomic E-state index is 12.6. The van der Waals surface area contributed by atoms with Crippen LogP contribution in [0.4, 0.5) is 0 Å². The summed E-state index contributed by atoms with van der Waals surface area (Å²) in [6, 6.07) is 3.69. The molecule has 3 N–H and O–H groups in total. The summed E-state index contributed by atoms with van der Waals surface area (Å²) in [6.07, 6.45) is 4.03. The lowest BCUT2D eigenvalue weighted by Crippen LogP contribution is -2.75. The molecule has 116 valence electrons. The van der Waals surface area contributed by atoms with Crippen LogP contribution >= 0.6 is 0 Å². The minimum atomic E-state index is -0.881. The van der Waals surface area contributed by atoms with Gasteiger partial charge in [0, 0.05) is 30.8 Å². The average molecular weight is 291 g/mol. The standard InChI is InChI=1S/C16H25N3O2/c1-5-21-13-10-16(17,15(13,3)4)14(20)19-11(2)12-6-8-18-9-7-12/h6-9,11,13H,5,10,17H2,1-4H3,(H,19,20). The number of rotatable bonds is 5. The predicted octanol–water partition coefficient (Wildman–Crippen LogP) is 1.79. The summed E-state index contributed by atoms with van der Waals surface area (Å²) in [5, 5.41) is 3.01. The highest BCUT2D eigenvalue weighted by Gasteiger charge is 2.62. The number of amides is 1. The Hall–Kier alpha value is -1.46. The first-order valence-electron chi connectivity index (χ1n) is 7.44. The second-order valence-corrected chi connectivity index (χ2v) is 6.32. The van der Waals surface area contributed by atoms with Crippen molar-refractivity contribution in [1.29, 1.82) is 0 Å². The van der Waals surface area contributed by atoms with E-state index in [-0.39, 0.29) is 23.5 Å². The van der Waals surface area contributed by atoms with Crippen LogP contribution in [-0.4, -0.2) is 29.1 Å². The zero-order valence-corrected chi connectivity index (χ0v) is 13.2. The van der Waals surface area contributed by atoms with Gasteiger partial charge in [0.2, 0.25) is 5.91 Å². The van der Waals surface area contributed by atoms with Crippen LogP contribution in [0.2, 0.25) is 0 Å². The van der Waals surface area contributed by atoms with Crippen LogP contribution in [0.5, 0.6) is 0 Å². The third-order valence-corrected chi connectivity index (χ3v) is 4.79. The van der Waals surface area contributed by atoms with Crippen molar-refractivity contribution in [3.8, 4) is 0 Å². The molecule has 0 spiro atoms. The average Bonchev–Trinajstić information content (AvgIpc) is 2.47. The number of nitrogens with zero attached hydrogens (tertiary/aromatic N) is 1. The monoisotopic (exact) mass is 291 g/mol. The van der Waals surface area contributed by atoms with E-state index in [1.54, 1.807) is 12.4 Å². The van der Waals surface area contributed by atoms with Crippen molar-refractivity contribution in [1.82, 2.24) is 10.3 Å². The Labute approximate surface area is 126 Å². The fourth-order valence-electron chi connectivity index (χ4n) is 2.88. The molecule has 21 heavy (non-hydrogen) atoms. The Morgan fingerprint density at radius 3 is 2.67 bits per heavy atom. The highest BCUT2D eigenvalue weighted by molar-refractivity contribution is 5.89. The second-order valence-electron chi connectivity index (χ2n) is 6.32. The summed E-state index contributed by atoms with van der Waals surface area (Å²) in [7, 11) is 0. The van der Waals surface area contributed by atoms with E-state index in [0.29, 0.717) is 13.0 Å². The van der Waals surface area contributed by atoms with Gasteiger partial charge in [-0.3, -0.25) is 9.78 Å². The molecule has 3 unspecified atom stereocenters. The van der Waals surface area contributed by atoms with Gasteiger partial charge in [-0.1, -0.05) is 13.8 Å². The van der Waals surface area contributed by atoms with Crippen molar-refractivity contribution in [2.45, 2.75) is 51.8 Å². The molecule has 1 saturated carbocycles. The van der Waals surface area contributed by atoms with Crippen molar-refractivity contribution in [3.05, 3.63) is 30.1 Å². The van der Waals surface area contributed by atoms with Crippen LogP contribution in [0.15, 0.2) is 24.5 Å². The Morgan fingerprint density at radius 1 is 1.52 bits per heavy atom. The number of hydrogen-bond acceptors (Lipinski definition) is 4. The SMILES string of the molecule is CCOC1CC(N)(C(=O)NC(C)c2ccncc2)C1(C)C. The highest BCUT2D eigenvalue weighted by atomic mass is 16.5. The van der Waals surface area contributed by atoms with Gasteiger partial charge in [0.15, 0.2) is 0 Å². The van der Waals surface area contributed by atoms with Gasteiger partial charge in [0.05, 0.1) is 12.1 Å². The zero-order valence-electron chi connectivity index (χ0n) is 13.2. The van der Waals surface area contributed by atoms with Crippen LogP contribution in [0.1, 0.15) is 45.7 Å². The number of hydrogen-bond donors (Lipinski definition) is 2. The van der Waals surface area contributed by atoms with Crippen molar-refractivity contribution >= 4 is 5.91 Å². The third kappa shape index (κ3) is 2.68. The normalized spacial score (nSPS) is 28.5. The van der Waals surface area contributed by atoms with Gasteiger partial charge in [0.25, 0.3) is 0 Å². The zero-order chi connectivity index (χ0) is 15.7. The maximum atomic E-state index is 12.6. The number of nitrogens with two attached hydrogens (primary N) is 1. The maximum Gasteiger partial charge on any atom is 0.241 e. The van der Waals surface area contributed by atoms with E-state index < -0.39 is 5.54 Å². The van der Waals surface area contributed by atoms with Crippen LogP contribution in [0.25, 0.3) is 0 Å². The molecule has 0 bridgehead atoms. The molecule has 0 saturated heterocycles. The van der Waals surface area contributed by atoms with Gasteiger partial charge in [-0.25, -0.2) is 0 Å². The Kier molecular flexibility index (Phi) is 4.35. The number of carbonyl (C=O) groups excluding carboxylic acids is 1. The Bertz CT molecular complexity index is 504. The van der Waals surface area contributed by atoms with E-state index in [4.69, 9.17) is 10.5 Å². The number of pyridine rings is 1. The topological polar surface area (TPSA) is 77.2 Å². The van der Waals surface area contributed by atoms with Crippen LogP contribution < -0.4 is 11.1 Å². The third-order valence-electron chi connectivity index (χ3n) is 4.79. The molecule has 1 aliphatic carbocycles. The fourth-order valence-corrected chi connectivity index (χ4v) is 2.88. The van der Waals surface area contributed by atoms with Crippen LogP contribution in [-0.2, 0) is 9.53 Å². The molecule has 5 heteroatoms. The minimum absolute atomic E-state index is 0.0366. The lowest BCUT2D eigenvalue weighted by Gasteiger charge is -2.57. The van der Waals surface area contributed by atoms with Crippen molar-refractivity contribution in [2.24, 2.45) is 11.1 Å². The number of ether oxygens (including phenoxy) is 1. The molecule has 3 atom stereocenters. The van der Waals surface area contributed by atoms with Gasteiger partial charge >= 0.3 is 0 Å². The Balaban J connectivity index is 2.04. The summed E-state index contributed by atoms with van der Waals surface area (Å²) in [6.45, 7) is 8.53. The summed E-state index contributed by atoms with van der Waals surface area (Å²) >= 11 is 0. The van der Waals surface area contributed by atoms with Crippen LogP contribution in [0.3, 0.4) is 0 Å². The molecule has 1 aliphatic rings.